The van der Waals surface area contributed by atoms with Crippen molar-refractivity contribution in [1.82, 2.24) is 14.7 Å². The molecule has 0 aliphatic carbocycles. The zero-order valence-electron chi connectivity index (χ0n) is 8.97. The number of rotatable bonds is 5. The zero-order chi connectivity index (χ0) is 12.3. The molecule has 2 unspecified atom stereocenters. The summed E-state index contributed by atoms with van der Waals surface area (Å²) in [6, 6.07) is -0.447. The van der Waals surface area contributed by atoms with Gasteiger partial charge < -0.3 is 10.7 Å². The maximum Gasteiger partial charge on any atom is 0.221 e. The molecule has 6 nitrogen and oxygen atoms in total. The van der Waals surface area contributed by atoms with Crippen molar-refractivity contribution in [3.05, 3.63) is 18.2 Å². The Morgan fingerprint density at radius 3 is 2.69 bits per heavy atom. The molecule has 2 atom stereocenters. The van der Waals surface area contributed by atoms with Crippen molar-refractivity contribution in [2.75, 3.05) is 0 Å². The van der Waals surface area contributed by atoms with Crippen LogP contribution < -0.4 is 10.5 Å². The van der Waals surface area contributed by atoms with Crippen molar-refractivity contribution < 1.29 is 8.42 Å². The molecule has 1 aromatic heterocycles. The predicted molar refractivity (Wildman–Crippen MR) is 65.3 cm³/mol. The van der Waals surface area contributed by atoms with Crippen molar-refractivity contribution >= 4 is 27.2 Å². The summed E-state index contributed by atoms with van der Waals surface area (Å²) in [5.74, 6) is 0.540. The predicted octanol–water partition coefficient (Wildman–Crippen LogP) is 0.0647. The van der Waals surface area contributed by atoms with Gasteiger partial charge in [-0.3, -0.25) is 0 Å². The third kappa shape index (κ3) is 3.00. The fraction of sp³-hybridized carbons (Fsp3) is 0.500. The van der Waals surface area contributed by atoms with E-state index in [0.717, 1.165) is 0 Å². The lowest BCUT2D eigenvalue weighted by Crippen LogP contribution is -2.41. The Hall–Kier alpha value is -0.990. The van der Waals surface area contributed by atoms with E-state index in [9.17, 15) is 8.42 Å². The van der Waals surface area contributed by atoms with E-state index in [4.69, 9.17) is 5.73 Å². The van der Waals surface area contributed by atoms with E-state index in [2.05, 4.69) is 26.9 Å². The van der Waals surface area contributed by atoms with Crippen molar-refractivity contribution in [3.8, 4) is 0 Å². The molecule has 4 N–H and O–H groups in total. The van der Waals surface area contributed by atoms with Gasteiger partial charge in [0.05, 0.1) is 11.0 Å². The fourth-order valence-electron chi connectivity index (χ4n) is 1.07. The monoisotopic (exact) mass is 262 g/mol. The quantitative estimate of drug-likeness (QED) is 0.652. The van der Waals surface area contributed by atoms with E-state index in [0.29, 0.717) is 5.82 Å². The van der Waals surface area contributed by atoms with E-state index in [1.807, 2.05) is 0 Å². The molecule has 90 valence electrons. The molecule has 0 aliphatic heterocycles. The minimum Gasteiger partial charge on any atom is -0.392 e. The number of hydrogen-bond acceptors (Lipinski definition) is 4. The highest BCUT2D eigenvalue weighted by Gasteiger charge is 2.25. The van der Waals surface area contributed by atoms with Gasteiger partial charge in [-0.05, 0) is 13.8 Å². The lowest BCUT2D eigenvalue weighted by Gasteiger charge is -2.16. The van der Waals surface area contributed by atoms with Gasteiger partial charge >= 0.3 is 0 Å². The van der Waals surface area contributed by atoms with Gasteiger partial charge in [0, 0.05) is 12.4 Å². The van der Waals surface area contributed by atoms with Crippen LogP contribution in [0.4, 0.5) is 0 Å². The maximum atomic E-state index is 11.8. The van der Waals surface area contributed by atoms with Crippen LogP contribution in [-0.2, 0) is 10.0 Å². The minimum atomic E-state index is -3.56. The number of hydrogen-bond donors (Lipinski definition) is 3. The number of imidazole rings is 1. The second kappa shape index (κ2) is 4.89. The Labute approximate surface area is 99.7 Å². The molecule has 0 radical (unpaired) electrons. The van der Waals surface area contributed by atoms with Crippen LogP contribution in [0.25, 0.3) is 0 Å². The molecule has 1 rings (SSSR count). The average Bonchev–Trinajstić information content (AvgIpc) is 2.68. The Kier molecular flexibility index (Phi) is 4.00. The third-order valence-corrected chi connectivity index (χ3v) is 4.51. The molecule has 0 bridgehead atoms. The van der Waals surface area contributed by atoms with E-state index in [1.54, 1.807) is 19.3 Å². The second-order valence-electron chi connectivity index (χ2n) is 3.40. The van der Waals surface area contributed by atoms with Gasteiger partial charge in [0.2, 0.25) is 10.0 Å². The standard InChI is InChI=1S/C8H14N4O2S2/c1-5(8-10-3-4-11-8)12-16(13,14)6(2)7(9)15/h3-6,12H,1-2H3,(H2,9,15)(H,10,11). The van der Waals surface area contributed by atoms with E-state index in [-0.39, 0.29) is 4.99 Å². The molecule has 0 saturated carbocycles. The van der Waals surface area contributed by atoms with Crippen molar-refractivity contribution in [3.63, 3.8) is 0 Å². The Bertz CT molecular complexity index is 454. The molecule has 8 heteroatoms. The smallest absolute Gasteiger partial charge is 0.221 e. The van der Waals surface area contributed by atoms with Gasteiger partial charge in [-0.15, -0.1) is 0 Å². The summed E-state index contributed by atoms with van der Waals surface area (Å²) in [6.45, 7) is 3.13. The molecule has 0 amide bonds. The Morgan fingerprint density at radius 2 is 2.25 bits per heavy atom. The van der Waals surface area contributed by atoms with Crippen molar-refractivity contribution in [2.45, 2.75) is 25.1 Å². The summed E-state index contributed by atoms with van der Waals surface area (Å²) in [6.07, 6.45) is 3.17. The number of nitrogens with two attached hydrogens (primary N) is 1. The molecular formula is C8H14N4O2S2. The normalized spacial score (nSPS) is 15.6. The average molecular weight is 262 g/mol. The summed E-state index contributed by atoms with van der Waals surface area (Å²) in [5.41, 5.74) is 5.31. The van der Waals surface area contributed by atoms with Crippen molar-refractivity contribution in [1.29, 1.82) is 0 Å². The number of H-pyrrole nitrogens is 1. The molecule has 1 aromatic rings. The summed E-state index contributed by atoms with van der Waals surface area (Å²) >= 11 is 4.65. The molecule has 0 spiro atoms. The van der Waals surface area contributed by atoms with Crippen LogP contribution in [0.2, 0.25) is 0 Å². The number of aromatic nitrogens is 2. The first-order chi connectivity index (χ1) is 7.34. The minimum absolute atomic E-state index is 0.0563. The van der Waals surface area contributed by atoms with Crippen LogP contribution in [0.15, 0.2) is 12.4 Å². The van der Waals surface area contributed by atoms with Gasteiger partial charge in [0.15, 0.2) is 0 Å². The van der Waals surface area contributed by atoms with Gasteiger partial charge in [-0.2, -0.15) is 0 Å². The first-order valence-corrected chi connectivity index (χ1v) is 6.60. The highest BCUT2D eigenvalue weighted by atomic mass is 32.2. The van der Waals surface area contributed by atoms with Gasteiger partial charge in [-0.1, -0.05) is 12.2 Å². The molecule has 0 aromatic carbocycles. The van der Waals surface area contributed by atoms with Crippen LogP contribution in [-0.4, -0.2) is 28.6 Å². The topological polar surface area (TPSA) is 101 Å². The van der Waals surface area contributed by atoms with Gasteiger partial charge in [0.1, 0.15) is 11.1 Å². The number of thiocarbonyl (C=S) groups is 1. The molecular weight excluding hydrogens is 248 g/mol. The van der Waals surface area contributed by atoms with Crippen LogP contribution in [0, 0.1) is 0 Å². The van der Waals surface area contributed by atoms with Crippen LogP contribution >= 0.6 is 12.2 Å². The van der Waals surface area contributed by atoms with Crippen molar-refractivity contribution in [2.24, 2.45) is 5.73 Å². The molecule has 0 aliphatic rings. The summed E-state index contributed by atoms with van der Waals surface area (Å²) in [4.78, 5) is 6.73. The zero-order valence-corrected chi connectivity index (χ0v) is 10.6. The number of aromatic amines is 1. The maximum absolute atomic E-state index is 11.8. The van der Waals surface area contributed by atoms with E-state index in [1.165, 1.54) is 6.92 Å². The third-order valence-electron chi connectivity index (χ3n) is 2.14. The number of nitrogens with zero attached hydrogens (tertiary/aromatic N) is 1. The van der Waals surface area contributed by atoms with E-state index >= 15 is 0 Å². The van der Waals surface area contributed by atoms with Crippen LogP contribution in [0.1, 0.15) is 25.7 Å². The summed E-state index contributed by atoms with van der Waals surface area (Å²) in [5, 5.41) is -0.903. The summed E-state index contributed by atoms with van der Waals surface area (Å²) < 4.78 is 26.0. The molecule has 1 heterocycles. The number of sulfonamides is 1. The highest BCUT2D eigenvalue weighted by Crippen LogP contribution is 2.09. The highest BCUT2D eigenvalue weighted by molar-refractivity contribution is 7.93. The van der Waals surface area contributed by atoms with Gasteiger partial charge in [0.25, 0.3) is 0 Å². The molecule has 16 heavy (non-hydrogen) atoms. The van der Waals surface area contributed by atoms with Crippen LogP contribution in [0.3, 0.4) is 0 Å². The van der Waals surface area contributed by atoms with Gasteiger partial charge in [-0.25, -0.2) is 18.1 Å². The summed E-state index contributed by atoms with van der Waals surface area (Å²) in [7, 11) is -3.56. The second-order valence-corrected chi connectivity index (χ2v) is 5.91. The largest absolute Gasteiger partial charge is 0.392 e. The molecule has 0 fully saturated rings. The first kappa shape index (κ1) is 13.1. The van der Waals surface area contributed by atoms with Crippen LogP contribution in [0.5, 0.6) is 0 Å². The Morgan fingerprint density at radius 1 is 1.62 bits per heavy atom. The first-order valence-electron chi connectivity index (χ1n) is 4.64. The molecule has 0 saturated heterocycles. The number of nitrogens with one attached hydrogen (secondary N) is 2. The van der Waals surface area contributed by atoms with E-state index < -0.39 is 21.3 Å². The lowest BCUT2D eigenvalue weighted by molar-refractivity contribution is 0.558. The lowest BCUT2D eigenvalue weighted by atomic mass is 10.3. The SMILES string of the molecule is CC(NS(=O)(=O)C(C)C(N)=S)c1ncc[nH]1. The Balaban J connectivity index is 2.78. The fourth-order valence-corrected chi connectivity index (χ4v) is 2.57.